The van der Waals surface area contributed by atoms with Gasteiger partial charge in [0.05, 0.1) is 19.8 Å². The summed E-state index contributed by atoms with van der Waals surface area (Å²) in [5, 5.41) is 8.87. The van der Waals surface area contributed by atoms with Gasteiger partial charge in [-0.2, -0.15) is 0 Å². The van der Waals surface area contributed by atoms with Gasteiger partial charge in [0, 0.05) is 19.6 Å². The number of fused-ring (bicyclic) bond motifs is 3. The molecule has 3 nitrogen and oxygen atoms in total. The summed E-state index contributed by atoms with van der Waals surface area (Å²) in [6, 6.07) is 0. The van der Waals surface area contributed by atoms with Gasteiger partial charge in [-0.05, 0) is 49.7 Å². The number of allylic oxidation sites excluding steroid dienone is 4. The van der Waals surface area contributed by atoms with Gasteiger partial charge in [-0.3, -0.25) is 4.90 Å². The van der Waals surface area contributed by atoms with E-state index in [1.165, 1.54) is 38.5 Å². The zero-order valence-corrected chi connectivity index (χ0v) is 13.9. The zero-order chi connectivity index (χ0) is 15.6. The minimum Gasteiger partial charge on any atom is -0.394 e. The predicted octanol–water partition coefficient (Wildman–Crippen LogP) is 3.14. The molecule has 0 atom stereocenters. The molecule has 0 aromatic carbocycles. The second-order valence-corrected chi connectivity index (χ2v) is 7.29. The molecule has 5 rings (SSSR count). The van der Waals surface area contributed by atoms with Crippen LogP contribution < -0.4 is 0 Å². The van der Waals surface area contributed by atoms with Crippen molar-refractivity contribution in [3.63, 3.8) is 0 Å². The van der Waals surface area contributed by atoms with Gasteiger partial charge in [0.15, 0.2) is 0 Å². The average Bonchev–Trinajstić information content (AvgIpc) is 3.16. The largest absolute Gasteiger partial charge is 0.394 e. The highest BCUT2D eigenvalue weighted by molar-refractivity contribution is 5.51. The lowest BCUT2D eigenvalue weighted by molar-refractivity contribution is 0.0772. The molecule has 0 unspecified atom stereocenters. The Morgan fingerprint density at radius 2 is 1.65 bits per heavy atom. The Balaban J connectivity index is 1.40. The van der Waals surface area contributed by atoms with E-state index < -0.39 is 0 Å². The molecule has 0 radical (unpaired) electrons. The lowest BCUT2D eigenvalue weighted by atomic mass is 9.92. The monoisotopic (exact) mass is 313 g/mol. The number of aliphatic hydroxyl groups is 1. The highest BCUT2D eigenvalue weighted by Crippen LogP contribution is 2.43. The number of hydrogen-bond donors (Lipinski definition) is 1. The van der Waals surface area contributed by atoms with E-state index in [2.05, 4.69) is 17.1 Å². The second-order valence-electron chi connectivity index (χ2n) is 7.29. The first kappa shape index (κ1) is 15.4. The highest BCUT2D eigenvalue weighted by atomic mass is 16.5. The van der Waals surface area contributed by atoms with Crippen LogP contribution in [0.3, 0.4) is 0 Å². The molecular weight excluding hydrogens is 286 g/mol. The van der Waals surface area contributed by atoms with Crippen LogP contribution in [0.2, 0.25) is 0 Å². The summed E-state index contributed by atoms with van der Waals surface area (Å²) in [5.41, 5.74) is 9.73. The average molecular weight is 313 g/mol. The van der Waals surface area contributed by atoms with Crippen LogP contribution in [0, 0.1) is 0 Å². The molecule has 0 saturated heterocycles. The standard InChI is InChI=1S/C20H27NO2/c22-5-7-23-6-4-21(14-20-12-16-10-18(20)11-16)13-19-9-15-2-1-3-17(19)8-15/h9,12,22H,1-8,10-11,13-14H2. The fourth-order valence-electron chi connectivity index (χ4n) is 4.27. The van der Waals surface area contributed by atoms with E-state index in [0.29, 0.717) is 13.2 Å². The minimum absolute atomic E-state index is 0.114. The third-order valence-corrected chi connectivity index (χ3v) is 5.54. The van der Waals surface area contributed by atoms with Crippen LogP contribution in [-0.4, -0.2) is 49.5 Å². The summed E-state index contributed by atoms with van der Waals surface area (Å²) in [4.78, 5) is 2.54. The Morgan fingerprint density at radius 1 is 0.913 bits per heavy atom. The van der Waals surface area contributed by atoms with Crippen LogP contribution in [0.5, 0.6) is 0 Å². The van der Waals surface area contributed by atoms with E-state index in [9.17, 15) is 0 Å². The van der Waals surface area contributed by atoms with Crippen molar-refractivity contribution in [1.29, 1.82) is 0 Å². The molecular formula is C20H27NO2. The summed E-state index contributed by atoms with van der Waals surface area (Å²) in [5.74, 6) is 0. The highest BCUT2D eigenvalue weighted by Gasteiger charge is 2.27. The molecule has 0 aromatic rings. The topological polar surface area (TPSA) is 32.7 Å². The van der Waals surface area contributed by atoms with Crippen LogP contribution in [0.15, 0.2) is 45.6 Å². The Hall–Kier alpha value is -1.16. The van der Waals surface area contributed by atoms with Crippen LogP contribution >= 0.6 is 0 Å². The maximum Gasteiger partial charge on any atom is 0.0698 e. The number of hydrogen-bond acceptors (Lipinski definition) is 3. The molecule has 1 N–H and O–H groups in total. The quantitative estimate of drug-likeness (QED) is 0.664. The van der Waals surface area contributed by atoms with Gasteiger partial charge in [-0.1, -0.05) is 34.4 Å². The van der Waals surface area contributed by atoms with E-state index in [1.54, 1.807) is 33.4 Å². The SMILES string of the molecule is OCCOCCN(CC1=C2CCCC(=C1)C2)CC1=C2CC(=C1)C2. The summed E-state index contributed by atoms with van der Waals surface area (Å²) in [6.45, 7) is 4.33. The Morgan fingerprint density at radius 3 is 2.35 bits per heavy atom. The van der Waals surface area contributed by atoms with Gasteiger partial charge in [0.25, 0.3) is 0 Å². The molecule has 5 aliphatic rings. The van der Waals surface area contributed by atoms with Gasteiger partial charge in [0.1, 0.15) is 0 Å². The van der Waals surface area contributed by atoms with Crippen molar-refractivity contribution in [3.05, 3.63) is 45.6 Å². The lowest BCUT2D eigenvalue weighted by Gasteiger charge is -2.24. The van der Waals surface area contributed by atoms with Crippen molar-refractivity contribution >= 4 is 0 Å². The van der Waals surface area contributed by atoms with E-state index in [-0.39, 0.29) is 6.61 Å². The molecule has 4 bridgehead atoms. The van der Waals surface area contributed by atoms with E-state index >= 15 is 0 Å². The summed E-state index contributed by atoms with van der Waals surface area (Å²) in [6.07, 6.45) is 12.5. The Bertz CT molecular complexity index is 599. The summed E-state index contributed by atoms with van der Waals surface area (Å²) < 4.78 is 5.51. The van der Waals surface area contributed by atoms with Gasteiger partial charge in [-0.15, -0.1) is 0 Å². The van der Waals surface area contributed by atoms with E-state index in [0.717, 1.165) is 19.6 Å². The number of nitrogens with zero attached hydrogens (tertiary/aromatic N) is 1. The molecule has 2 fully saturated rings. The maximum atomic E-state index is 8.87. The number of aliphatic hydroxyl groups excluding tert-OH is 1. The Labute approximate surface area is 139 Å². The first-order valence-corrected chi connectivity index (χ1v) is 9.03. The zero-order valence-electron chi connectivity index (χ0n) is 13.9. The fraction of sp³-hybridized carbons (Fsp3) is 0.600. The van der Waals surface area contributed by atoms with E-state index in [1.807, 2.05) is 0 Å². The molecule has 3 heteroatoms. The van der Waals surface area contributed by atoms with Crippen LogP contribution in [-0.2, 0) is 4.74 Å². The molecule has 0 heterocycles. The van der Waals surface area contributed by atoms with Crippen molar-refractivity contribution in [2.24, 2.45) is 0 Å². The fourth-order valence-corrected chi connectivity index (χ4v) is 4.27. The van der Waals surface area contributed by atoms with Crippen molar-refractivity contribution < 1.29 is 9.84 Å². The van der Waals surface area contributed by atoms with Crippen molar-refractivity contribution in [2.75, 3.05) is 39.5 Å². The first-order chi connectivity index (χ1) is 11.3. The first-order valence-electron chi connectivity index (χ1n) is 9.03. The number of rotatable bonds is 9. The van der Waals surface area contributed by atoms with Gasteiger partial charge >= 0.3 is 0 Å². The smallest absolute Gasteiger partial charge is 0.0698 e. The van der Waals surface area contributed by atoms with Gasteiger partial charge in [-0.25, -0.2) is 0 Å². The van der Waals surface area contributed by atoms with Crippen LogP contribution in [0.1, 0.15) is 38.5 Å². The van der Waals surface area contributed by atoms with Crippen molar-refractivity contribution in [3.8, 4) is 0 Å². The summed E-state index contributed by atoms with van der Waals surface area (Å²) in [7, 11) is 0. The molecule has 0 amide bonds. The van der Waals surface area contributed by atoms with Crippen LogP contribution in [0.25, 0.3) is 0 Å². The Kier molecular flexibility index (Phi) is 4.52. The summed E-state index contributed by atoms with van der Waals surface area (Å²) >= 11 is 0. The molecule has 0 aromatic heterocycles. The van der Waals surface area contributed by atoms with Gasteiger partial charge < -0.3 is 9.84 Å². The number of ether oxygens (including phenoxy) is 1. The predicted molar refractivity (Wildman–Crippen MR) is 92.3 cm³/mol. The molecule has 2 saturated carbocycles. The van der Waals surface area contributed by atoms with E-state index in [4.69, 9.17) is 9.84 Å². The van der Waals surface area contributed by atoms with Gasteiger partial charge in [0.2, 0.25) is 0 Å². The lowest BCUT2D eigenvalue weighted by Crippen LogP contribution is -2.31. The molecule has 5 aliphatic carbocycles. The second kappa shape index (κ2) is 6.76. The maximum absolute atomic E-state index is 8.87. The van der Waals surface area contributed by atoms with Crippen molar-refractivity contribution in [2.45, 2.75) is 38.5 Å². The molecule has 23 heavy (non-hydrogen) atoms. The third kappa shape index (κ3) is 3.37. The normalized spacial score (nSPS) is 22.0. The third-order valence-electron chi connectivity index (χ3n) is 5.54. The van der Waals surface area contributed by atoms with Crippen molar-refractivity contribution in [1.82, 2.24) is 4.90 Å². The molecule has 124 valence electrons. The van der Waals surface area contributed by atoms with Crippen LogP contribution in [0.4, 0.5) is 0 Å². The molecule has 0 spiro atoms. The molecule has 0 aliphatic heterocycles. The minimum atomic E-state index is 0.114.